The maximum Gasteiger partial charge on any atom is 0.406 e. The highest BCUT2D eigenvalue weighted by Crippen LogP contribution is 2.24. The van der Waals surface area contributed by atoms with Crippen LogP contribution in [0.3, 0.4) is 0 Å². The number of aliphatic carboxylic acids is 1. The van der Waals surface area contributed by atoms with Crippen molar-refractivity contribution in [1.82, 2.24) is 10.2 Å². The maximum atomic E-state index is 12.3. The second kappa shape index (κ2) is 7.28. The number of hydrogen-bond donors (Lipinski definition) is 2. The van der Waals surface area contributed by atoms with Gasteiger partial charge in [-0.05, 0) is 13.3 Å². The van der Waals surface area contributed by atoms with E-state index in [4.69, 9.17) is 5.11 Å². The van der Waals surface area contributed by atoms with Crippen LogP contribution in [0.2, 0.25) is 0 Å². The summed E-state index contributed by atoms with van der Waals surface area (Å²) >= 11 is 0. The molecule has 22 heavy (non-hydrogen) atoms. The van der Waals surface area contributed by atoms with Crippen molar-refractivity contribution in [2.75, 3.05) is 13.1 Å². The van der Waals surface area contributed by atoms with Crippen LogP contribution in [-0.2, 0) is 14.4 Å². The van der Waals surface area contributed by atoms with E-state index in [9.17, 15) is 27.6 Å². The van der Waals surface area contributed by atoms with E-state index >= 15 is 0 Å². The largest absolute Gasteiger partial charge is 0.480 e. The minimum atomic E-state index is -4.53. The Morgan fingerprint density at radius 3 is 2.64 bits per heavy atom. The van der Waals surface area contributed by atoms with E-state index in [0.29, 0.717) is 4.90 Å². The van der Waals surface area contributed by atoms with Crippen molar-refractivity contribution in [2.24, 2.45) is 5.92 Å². The fourth-order valence-electron chi connectivity index (χ4n) is 2.10. The minimum Gasteiger partial charge on any atom is -0.480 e. The van der Waals surface area contributed by atoms with Crippen LogP contribution in [0.15, 0.2) is 12.2 Å². The third-order valence-electron chi connectivity index (χ3n) is 3.18. The zero-order valence-electron chi connectivity index (χ0n) is 11.9. The number of carbonyl (C=O) groups excluding carboxylic acids is 2. The molecule has 0 aromatic rings. The summed E-state index contributed by atoms with van der Waals surface area (Å²) in [4.78, 5) is 35.0. The number of rotatable bonds is 6. The molecule has 6 nitrogen and oxygen atoms in total. The average Bonchev–Trinajstić information content (AvgIpc) is 2.73. The fraction of sp³-hybridized carbons (Fsp3) is 0.615. The van der Waals surface area contributed by atoms with Crippen LogP contribution in [0.4, 0.5) is 13.2 Å². The first kappa shape index (κ1) is 18.0. The topological polar surface area (TPSA) is 86.7 Å². The number of halogens is 3. The molecule has 9 heteroatoms. The smallest absolute Gasteiger partial charge is 0.406 e. The van der Waals surface area contributed by atoms with Gasteiger partial charge in [0.2, 0.25) is 11.8 Å². The number of amides is 2. The van der Waals surface area contributed by atoms with Crippen LogP contribution < -0.4 is 5.32 Å². The standard InChI is InChI=1S/C13H17F3N2O4/c1-2-3-4-9(12(21)22)17-11(20)8-5-10(19)18(6-8)7-13(14,15)16/h2-3,8-9H,4-7H2,1H3,(H,17,20)(H,21,22)/b3-2+. The number of nitrogens with zero attached hydrogens (tertiary/aromatic N) is 1. The van der Waals surface area contributed by atoms with Gasteiger partial charge in [0.25, 0.3) is 0 Å². The molecular formula is C13H17F3N2O4. The van der Waals surface area contributed by atoms with Gasteiger partial charge in [-0.1, -0.05) is 12.2 Å². The molecule has 1 saturated heterocycles. The molecule has 1 fully saturated rings. The van der Waals surface area contributed by atoms with Gasteiger partial charge in [0.15, 0.2) is 0 Å². The molecule has 0 bridgehead atoms. The van der Waals surface area contributed by atoms with Crippen LogP contribution in [-0.4, -0.2) is 53.1 Å². The Balaban J connectivity index is 2.63. The van der Waals surface area contributed by atoms with Gasteiger partial charge in [-0.15, -0.1) is 0 Å². The molecule has 124 valence electrons. The van der Waals surface area contributed by atoms with Gasteiger partial charge < -0.3 is 15.3 Å². The summed E-state index contributed by atoms with van der Waals surface area (Å²) in [5.41, 5.74) is 0. The Bertz CT molecular complexity index is 476. The Morgan fingerprint density at radius 1 is 1.50 bits per heavy atom. The number of allylic oxidation sites excluding steroid dienone is 1. The summed E-state index contributed by atoms with van der Waals surface area (Å²) in [6.07, 6.45) is -1.65. The second-order valence-corrected chi connectivity index (χ2v) is 4.99. The van der Waals surface area contributed by atoms with Gasteiger partial charge >= 0.3 is 12.1 Å². The highest BCUT2D eigenvalue weighted by molar-refractivity contribution is 5.91. The normalized spacial score (nSPS) is 20.5. The highest BCUT2D eigenvalue weighted by atomic mass is 19.4. The van der Waals surface area contributed by atoms with E-state index in [0.717, 1.165) is 0 Å². The van der Waals surface area contributed by atoms with Gasteiger partial charge in [-0.25, -0.2) is 4.79 Å². The highest BCUT2D eigenvalue weighted by Gasteiger charge is 2.41. The first-order chi connectivity index (χ1) is 10.1. The Labute approximate surface area is 125 Å². The quantitative estimate of drug-likeness (QED) is 0.712. The SMILES string of the molecule is C/C=C/CC(NC(=O)C1CC(=O)N(CC(F)(F)F)C1)C(=O)O. The molecule has 2 atom stereocenters. The maximum absolute atomic E-state index is 12.3. The van der Waals surface area contributed by atoms with E-state index in [-0.39, 0.29) is 19.4 Å². The summed E-state index contributed by atoms with van der Waals surface area (Å²) in [6.45, 7) is -0.0813. The van der Waals surface area contributed by atoms with Crippen molar-refractivity contribution in [3.63, 3.8) is 0 Å². The molecule has 2 amide bonds. The molecule has 0 aromatic heterocycles. The van der Waals surface area contributed by atoms with Crippen LogP contribution in [0, 0.1) is 5.92 Å². The molecule has 1 heterocycles. The molecule has 2 N–H and O–H groups in total. The van der Waals surface area contributed by atoms with Crippen molar-refractivity contribution in [1.29, 1.82) is 0 Å². The summed E-state index contributed by atoms with van der Waals surface area (Å²) in [5, 5.41) is 11.2. The lowest BCUT2D eigenvalue weighted by Gasteiger charge is -2.19. The van der Waals surface area contributed by atoms with Crippen molar-refractivity contribution < 1.29 is 32.7 Å². The number of likely N-dealkylation sites (tertiary alicyclic amines) is 1. The lowest BCUT2D eigenvalue weighted by molar-refractivity contribution is -0.157. The van der Waals surface area contributed by atoms with Crippen LogP contribution in [0.25, 0.3) is 0 Å². The Hall–Kier alpha value is -2.06. The Morgan fingerprint density at radius 2 is 2.14 bits per heavy atom. The van der Waals surface area contributed by atoms with Gasteiger partial charge in [-0.3, -0.25) is 9.59 Å². The molecular weight excluding hydrogens is 305 g/mol. The van der Waals surface area contributed by atoms with Gasteiger partial charge in [0, 0.05) is 13.0 Å². The van der Waals surface area contributed by atoms with E-state index in [1.807, 2.05) is 0 Å². The summed E-state index contributed by atoms with van der Waals surface area (Å²) < 4.78 is 36.9. The van der Waals surface area contributed by atoms with Gasteiger partial charge in [-0.2, -0.15) is 13.2 Å². The third kappa shape index (κ3) is 5.38. The predicted octanol–water partition coefficient (Wildman–Crippen LogP) is 0.933. The van der Waals surface area contributed by atoms with Crippen molar-refractivity contribution in [2.45, 2.75) is 32.0 Å². The van der Waals surface area contributed by atoms with Crippen LogP contribution >= 0.6 is 0 Å². The zero-order valence-corrected chi connectivity index (χ0v) is 11.9. The second-order valence-electron chi connectivity index (χ2n) is 4.99. The minimum absolute atomic E-state index is 0.0600. The summed E-state index contributed by atoms with van der Waals surface area (Å²) in [7, 11) is 0. The number of carboxylic acid groups (broad SMARTS) is 1. The van der Waals surface area contributed by atoms with Crippen molar-refractivity contribution in [3.8, 4) is 0 Å². The van der Waals surface area contributed by atoms with E-state index in [1.165, 1.54) is 0 Å². The first-order valence-corrected chi connectivity index (χ1v) is 6.63. The lowest BCUT2D eigenvalue weighted by atomic mass is 10.1. The van der Waals surface area contributed by atoms with Gasteiger partial charge in [0.05, 0.1) is 5.92 Å². The van der Waals surface area contributed by atoms with Crippen LogP contribution in [0.1, 0.15) is 19.8 Å². The van der Waals surface area contributed by atoms with Crippen molar-refractivity contribution in [3.05, 3.63) is 12.2 Å². The van der Waals surface area contributed by atoms with E-state index in [2.05, 4.69) is 5.32 Å². The molecule has 0 saturated carbocycles. The van der Waals surface area contributed by atoms with E-state index < -0.39 is 42.5 Å². The molecule has 0 aromatic carbocycles. The first-order valence-electron chi connectivity index (χ1n) is 6.63. The molecule has 0 radical (unpaired) electrons. The molecule has 0 aliphatic carbocycles. The number of alkyl halides is 3. The third-order valence-corrected chi connectivity index (χ3v) is 3.18. The summed E-state index contributed by atoms with van der Waals surface area (Å²) in [5.74, 6) is -3.71. The molecule has 1 aliphatic heterocycles. The number of carboxylic acids is 1. The average molecular weight is 322 g/mol. The summed E-state index contributed by atoms with van der Waals surface area (Å²) in [6, 6.07) is -1.17. The van der Waals surface area contributed by atoms with Crippen molar-refractivity contribution >= 4 is 17.8 Å². The van der Waals surface area contributed by atoms with E-state index in [1.54, 1.807) is 19.1 Å². The van der Waals surface area contributed by atoms with Gasteiger partial charge in [0.1, 0.15) is 12.6 Å². The number of carbonyl (C=O) groups is 3. The predicted molar refractivity (Wildman–Crippen MR) is 69.7 cm³/mol. The van der Waals surface area contributed by atoms with Crippen LogP contribution in [0.5, 0.6) is 0 Å². The monoisotopic (exact) mass is 322 g/mol. The fourth-order valence-corrected chi connectivity index (χ4v) is 2.10. The molecule has 2 unspecified atom stereocenters. The molecule has 1 aliphatic rings. The molecule has 0 spiro atoms. The molecule has 1 rings (SSSR count). The Kier molecular flexibility index (Phi) is 5.95. The lowest BCUT2D eigenvalue weighted by Crippen LogP contribution is -2.44. The number of nitrogens with one attached hydrogen (secondary N) is 1. The number of hydrogen-bond acceptors (Lipinski definition) is 3. The zero-order chi connectivity index (χ0) is 16.9.